The van der Waals surface area contributed by atoms with Crippen molar-refractivity contribution < 1.29 is 14.7 Å². The number of nitrogens with zero attached hydrogens (tertiary/aromatic N) is 1. The van der Waals surface area contributed by atoms with Gasteiger partial charge < -0.3 is 10.4 Å². The van der Waals surface area contributed by atoms with Crippen molar-refractivity contribution in [2.24, 2.45) is 0 Å². The van der Waals surface area contributed by atoms with E-state index in [1.165, 1.54) is 18.7 Å². The van der Waals surface area contributed by atoms with Crippen molar-refractivity contribution in [1.29, 1.82) is 5.26 Å². The molecule has 7 heteroatoms. The van der Waals surface area contributed by atoms with E-state index in [4.69, 9.17) is 10.4 Å². The summed E-state index contributed by atoms with van der Waals surface area (Å²) in [5, 5.41) is 20.3. The second-order valence-corrected chi connectivity index (χ2v) is 4.87. The predicted octanol–water partition coefficient (Wildman–Crippen LogP) is 2.00. The van der Waals surface area contributed by atoms with E-state index in [0.717, 1.165) is 11.3 Å². The summed E-state index contributed by atoms with van der Waals surface area (Å²) in [7, 11) is 0. The van der Waals surface area contributed by atoms with Gasteiger partial charge in [0.15, 0.2) is 0 Å². The lowest BCUT2D eigenvalue weighted by molar-refractivity contribution is -0.114. The van der Waals surface area contributed by atoms with Crippen LogP contribution < -0.4 is 5.32 Å². The van der Waals surface area contributed by atoms with Crippen molar-refractivity contribution in [3.8, 4) is 6.07 Å². The van der Waals surface area contributed by atoms with Crippen LogP contribution in [0, 0.1) is 11.3 Å². The zero-order valence-corrected chi connectivity index (χ0v) is 10.2. The molecule has 0 radical (unpaired) electrons. The molecule has 0 aliphatic rings. The zero-order valence-electron chi connectivity index (χ0n) is 8.53. The molecule has 84 valence electrons. The summed E-state index contributed by atoms with van der Waals surface area (Å²) >= 11 is 2.27. The minimum Gasteiger partial charge on any atom is -0.477 e. The number of hydrogen-bond acceptors (Lipinski definition) is 5. The van der Waals surface area contributed by atoms with E-state index in [-0.39, 0.29) is 16.1 Å². The molecule has 0 saturated carbocycles. The van der Waals surface area contributed by atoms with Gasteiger partial charge in [-0.15, -0.1) is 23.1 Å². The van der Waals surface area contributed by atoms with Crippen molar-refractivity contribution >= 4 is 40.7 Å². The van der Waals surface area contributed by atoms with Crippen molar-refractivity contribution in [2.45, 2.75) is 11.1 Å². The molecular weight excluding hydrogens is 248 g/mol. The largest absolute Gasteiger partial charge is 0.477 e. The molecule has 5 nitrogen and oxygen atoms in total. The van der Waals surface area contributed by atoms with Crippen LogP contribution in [-0.4, -0.2) is 23.2 Å². The third kappa shape index (κ3) is 2.35. The molecular formula is C9H8N2O3S2. The average Bonchev–Trinajstić information content (AvgIpc) is 2.54. The molecule has 1 heterocycles. The van der Waals surface area contributed by atoms with Crippen LogP contribution in [0.15, 0.2) is 4.21 Å². The molecule has 0 aliphatic carbocycles. The van der Waals surface area contributed by atoms with E-state index in [9.17, 15) is 9.59 Å². The molecule has 0 bridgehead atoms. The topological polar surface area (TPSA) is 90.2 Å². The van der Waals surface area contributed by atoms with Gasteiger partial charge in [0.25, 0.3) is 0 Å². The molecule has 0 spiro atoms. The first-order valence-electron chi connectivity index (χ1n) is 4.13. The SMILES string of the molecule is CSc1sc(C(=O)O)c(NC(C)=O)c1C#N. The summed E-state index contributed by atoms with van der Waals surface area (Å²) in [6, 6.07) is 1.91. The first-order chi connectivity index (χ1) is 7.51. The third-order valence-electron chi connectivity index (χ3n) is 1.67. The smallest absolute Gasteiger partial charge is 0.348 e. The van der Waals surface area contributed by atoms with Gasteiger partial charge in [0, 0.05) is 6.92 Å². The van der Waals surface area contributed by atoms with Gasteiger partial charge in [-0.05, 0) is 6.26 Å². The second-order valence-electron chi connectivity index (χ2n) is 2.77. The van der Waals surface area contributed by atoms with Crippen LogP contribution in [0.25, 0.3) is 0 Å². The average molecular weight is 256 g/mol. The Balaban J connectivity index is 3.39. The quantitative estimate of drug-likeness (QED) is 0.807. The van der Waals surface area contributed by atoms with Gasteiger partial charge in [0.2, 0.25) is 5.91 Å². The minimum absolute atomic E-state index is 0.0175. The number of carbonyl (C=O) groups is 2. The van der Waals surface area contributed by atoms with Crippen molar-refractivity contribution in [1.82, 2.24) is 0 Å². The summed E-state index contributed by atoms with van der Waals surface area (Å²) in [4.78, 5) is 21.9. The lowest BCUT2D eigenvalue weighted by atomic mass is 10.2. The zero-order chi connectivity index (χ0) is 12.3. The number of rotatable bonds is 3. The molecule has 0 aliphatic heterocycles. The second kappa shape index (κ2) is 5.01. The Bertz CT molecular complexity index is 488. The van der Waals surface area contributed by atoms with Crippen LogP contribution in [0.1, 0.15) is 22.2 Å². The van der Waals surface area contributed by atoms with Gasteiger partial charge in [-0.25, -0.2) is 4.79 Å². The van der Waals surface area contributed by atoms with Crippen LogP contribution in [0.4, 0.5) is 5.69 Å². The summed E-state index contributed by atoms with van der Waals surface area (Å²) in [6.07, 6.45) is 1.75. The number of nitriles is 1. The van der Waals surface area contributed by atoms with E-state index in [1.807, 2.05) is 6.07 Å². The van der Waals surface area contributed by atoms with Gasteiger partial charge in [-0.1, -0.05) is 0 Å². The van der Waals surface area contributed by atoms with Crippen molar-refractivity contribution in [3.63, 3.8) is 0 Å². The highest BCUT2D eigenvalue weighted by atomic mass is 32.2. The Morgan fingerprint density at radius 3 is 2.56 bits per heavy atom. The van der Waals surface area contributed by atoms with Gasteiger partial charge in [-0.3, -0.25) is 4.79 Å². The molecule has 0 saturated heterocycles. The molecule has 0 atom stereocenters. The number of anilines is 1. The number of nitrogens with one attached hydrogen (secondary N) is 1. The Kier molecular flexibility index (Phi) is 3.93. The molecule has 1 aromatic heterocycles. The third-order valence-corrected chi connectivity index (χ3v) is 3.97. The fourth-order valence-electron chi connectivity index (χ4n) is 1.10. The summed E-state index contributed by atoms with van der Waals surface area (Å²) in [6.45, 7) is 1.27. The number of carboxylic acids is 1. The number of aromatic carboxylic acids is 1. The first kappa shape index (κ1) is 12.5. The van der Waals surface area contributed by atoms with Crippen LogP contribution in [0.5, 0.6) is 0 Å². The molecule has 0 aromatic carbocycles. The molecule has 1 rings (SSSR count). The summed E-state index contributed by atoms with van der Waals surface area (Å²) in [5.41, 5.74) is 0.307. The number of hydrogen-bond donors (Lipinski definition) is 2. The highest BCUT2D eigenvalue weighted by Gasteiger charge is 2.22. The van der Waals surface area contributed by atoms with E-state index in [1.54, 1.807) is 6.26 Å². The predicted molar refractivity (Wildman–Crippen MR) is 62.1 cm³/mol. The van der Waals surface area contributed by atoms with E-state index in [2.05, 4.69) is 5.32 Å². The number of thioether (sulfide) groups is 1. The Morgan fingerprint density at radius 2 is 2.19 bits per heavy atom. The van der Waals surface area contributed by atoms with E-state index in [0.29, 0.717) is 4.21 Å². The van der Waals surface area contributed by atoms with Gasteiger partial charge in [0.05, 0.1) is 9.90 Å². The fourth-order valence-corrected chi connectivity index (χ4v) is 2.81. The summed E-state index contributed by atoms with van der Waals surface area (Å²) in [5.74, 6) is -1.55. The number of carboxylic acid groups (broad SMARTS) is 1. The highest BCUT2D eigenvalue weighted by Crippen LogP contribution is 2.38. The molecule has 1 aromatic rings. The van der Waals surface area contributed by atoms with Crippen molar-refractivity contribution in [2.75, 3.05) is 11.6 Å². The molecule has 16 heavy (non-hydrogen) atoms. The number of thiophene rings is 1. The van der Waals surface area contributed by atoms with Crippen LogP contribution in [-0.2, 0) is 4.79 Å². The van der Waals surface area contributed by atoms with Gasteiger partial charge in [-0.2, -0.15) is 5.26 Å². The first-order valence-corrected chi connectivity index (χ1v) is 6.17. The lowest BCUT2D eigenvalue weighted by Crippen LogP contribution is -2.09. The maximum absolute atomic E-state index is 10.9. The fraction of sp³-hybridized carbons (Fsp3) is 0.222. The molecule has 0 unspecified atom stereocenters. The Hall–Kier alpha value is -1.52. The Morgan fingerprint density at radius 1 is 1.56 bits per heavy atom. The van der Waals surface area contributed by atoms with Crippen molar-refractivity contribution in [3.05, 3.63) is 10.4 Å². The number of amides is 1. The highest BCUT2D eigenvalue weighted by molar-refractivity contribution is 8.00. The Labute approximate surface area is 100 Å². The normalized spacial score (nSPS) is 9.56. The molecule has 2 N–H and O–H groups in total. The van der Waals surface area contributed by atoms with Crippen LogP contribution in [0.3, 0.4) is 0 Å². The van der Waals surface area contributed by atoms with Gasteiger partial charge >= 0.3 is 5.97 Å². The minimum atomic E-state index is -1.15. The molecule has 0 fully saturated rings. The maximum Gasteiger partial charge on any atom is 0.348 e. The maximum atomic E-state index is 10.9. The van der Waals surface area contributed by atoms with Crippen LogP contribution >= 0.6 is 23.1 Å². The van der Waals surface area contributed by atoms with E-state index >= 15 is 0 Å². The van der Waals surface area contributed by atoms with Gasteiger partial charge in [0.1, 0.15) is 16.5 Å². The monoisotopic (exact) mass is 256 g/mol. The number of carbonyl (C=O) groups excluding carboxylic acids is 1. The van der Waals surface area contributed by atoms with Crippen LogP contribution in [0.2, 0.25) is 0 Å². The van der Waals surface area contributed by atoms with E-state index < -0.39 is 11.9 Å². The molecule has 1 amide bonds. The standard InChI is InChI=1S/C9H8N2O3S2/c1-4(12)11-6-5(3-10)9(15-2)16-7(6)8(13)14/h1-2H3,(H,11,12)(H,13,14). The lowest BCUT2D eigenvalue weighted by Gasteiger charge is -2.01. The summed E-state index contributed by atoms with van der Waals surface area (Å²) < 4.78 is 0.587.